The van der Waals surface area contributed by atoms with Crippen LogP contribution in [0.5, 0.6) is 0 Å². The van der Waals surface area contributed by atoms with E-state index in [0.717, 1.165) is 30.6 Å². The van der Waals surface area contributed by atoms with Gasteiger partial charge in [0.25, 0.3) is 0 Å². The summed E-state index contributed by atoms with van der Waals surface area (Å²) < 4.78 is 5.45. The molecule has 4 heteroatoms. The highest BCUT2D eigenvalue weighted by Gasteiger charge is 2.27. The predicted molar refractivity (Wildman–Crippen MR) is 49.7 cm³/mol. The molecule has 1 fully saturated rings. The molecule has 0 aromatic carbocycles. The third-order valence-electron chi connectivity index (χ3n) is 2.54. The molecule has 2 N–H and O–H groups in total. The van der Waals surface area contributed by atoms with E-state index in [0.29, 0.717) is 18.5 Å². The van der Waals surface area contributed by atoms with Gasteiger partial charge in [0, 0.05) is 5.47 Å². The Morgan fingerprint density at radius 1 is 1.31 bits per heavy atom. The summed E-state index contributed by atoms with van der Waals surface area (Å²) in [4.78, 5) is 0. The van der Waals surface area contributed by atoms with Gasteiger partial charge in [0.15, 0.2) is 0 Å². The zero-order valence-electron chi connectivity index (χ0n) is 7.49. The highest BCUT2D eigenvalue weighted by atomic mass is 16.5. The molecule has 70 valence electrons. The van der Waals surface area contributed by atoms with Gasteiger partial charge in [0.1, 0.15) is 5.76 Å². The molecule has 0 aromatic heterocycles. The first kappa shape index (κ1) is 8.85. The van der Waals surface area contributed by atoms with Crippen molar-refractivity contribution in [1.29, 1.82) is 0 Å². The van der Waals surface area contributed by atoms with Crippen molar-refractivity contribution >= 4 is 7.12 Å². The molecule has 13 heavy (non-hydrogen) atoms. The number of ether oxygens (including phenoxy) is 1. The van der Waals surface area contributed by atoms with E-state index in [4.69, 9.17) is 14.8 Å². The summed E-state index contributed by atoms with van der Waals surface area (Å²) in [5.74, 6) is 0.743. The van der Waals surface area contributed by atoms with E-state index < -0.39 is 7.12 Å². The Balaban J connectivity index is 2.30. The van der Waals surface area contributed by atoms with Crippen molar-refractivity contribution in [3.63, 3.8) is 0 Å². The van der Waals surface area contributed by atoms with E-state index in [1.54, 1.807) is 0 Å². The fraction of sp³-hybridized carbons (Fsp3) is 0.556. The van der Waals surface area contributed by atoms with E-state index >= 15 is 0 Å². The van der Waals surface area contributed by atoms with Crippen LogP contribution in [0.3, 0.4) is 0 Å². The molecule has 1 aliphatic heterocycles. The second-order valence-corrected chi connectivity index (χ2v) is 3.45. The smallest absolute Gasteiger partial charge is 0.487 e. The zero-order valence-corrected chi connectivity index (χ0v) is 7.49. The zero-order chi connectivity index (χ0) is 9.26. The van der Waals surface area contributed by atoms with Crippen molar-refractivity contribution in [1.82, 2.24) is 0 Å². The first-order chi connectivity index (χ1) is 6.29. The Bertz CT molecular complexity index is 268. The minimum Gasteiger partial charge on any atom is -0.494 e. The number of allylic oxidation sites excluding steroid dienone is 3. The average molecular weight is 180 g/mol. The maximum Gasteiger partial charge on any atom is 0.487 e. The summed E-state index contributed by atoms with van der Waals surface area (Å²) in [5, 5.41) is 18.2. The summed E-state index contributed by atoms with van der Waals surface area (Å²) in [6, 6.07) is 0. The van der Waals surface area contributed by atoms with Gasteiger partial charge >= 0.3 is 7.12 Å². The summed E-state index contributed by atoms with van der Waals surface area (Å²) >= 11 is 0. The van der Waals surface area contributed by atoms with Crippen LogP contribution in [0.25, 0.3) is 0 Å². The van der Waals surface area contributed by atoms with Gasteiger partial charge < -0.3 is 14.8 Å². The Hall–Kier alpha value is -0.735. The molecule has 2 aliphatic rings. The highest BCUT2D eigenvalue weighted by molar-refractivity contribution is 6.51. The predicted octanol–water partition coefficient (Wildman–Crippen LogP) is 0.783. The lowest BCUT2D eigenvalue weighted by molar-refractivity contribution is 0.188. The maximum atomic E-state index is 9.11. The summed E-state index contributed by atoms with van der Waals surface area (Å²) in [6.07, 6.45) is 5.78. The van der Waals surface area contributed by atoms with Crippen LogP contribution in [0, 0.1) is 0 Å². The van der Waals surface area contributed by atoms with Gasteiger partial charge in [0.05, 0.1) is 6.61 Å². The first-order valence-electron chi connectivity index (χ1n) is 4.70. The molecule has 3 nitrogen and oxygen atoms in total. The molecule has 0 atom stereocenters. The SMILES string of the molecule is OB(O)C1=C2OCCCC2=CCC1. The third-order valence-corrected chi connectivity index (χ3v) is 2.54. The topological polar surface area (TPSA) is 49.7 Å². The molecule has 2 rings (SSSR count). The fourth-order valence-corrected chi connectivity index (χ4v) is 1.90. The largest absolute Gasteiger partial charge is 0.494 e. The molecule has 0 radical (unpaired) electrons. The quantitative estimate of drug-likeness (QED) is 0.586. The number of hydrogen-bond donors (Lipinski definition) is 2. The first-order valence-corrected chi connectivity index (χ1v) is 4.70. The Kier molecular flexibility index (Phi) is 2.42. The van der Waals surface area contributed by atoms with E-state index in [1.165, 1.54) is 0 Å². The van der Waals surface area contributed by atoms with Crippen molar-refractivity contribution in [2.75, 3.05) is 6.61 Å². The lowest BCUT2D eigenvalue weighted by atomic mass is 9.72. The van der Waals surface area contributed by atoms with Crippen molar-refractivity contribution < 1.29 is 14.8 Å². The summed E-state index contributed by atoms with van der Waals surface area (Å²) in [5.41, 5.74) is 1.80. The second kappa shape index (κ2) is 3.56. The fourth-order valence-electron chi connectivity index (χ4n) is 1.90. The standard InChI is InChI=1S/C9H13BO3/c11-10(12)8-5-1-3-7-4-2-6-13-9(7)8/h3,11-12H,1-2,4-6H2. The van der Waals surface area contributed by atoms with Gasteiger partial charge in [0.2, 0.25) is 0 Å². The molecule has 1 saturated heterocycles. The number of hydrogen-bond acceptors (Lipinski definition) is 3. The van der Waals surface area contributed by atoms with Gasteiger partial charge in [-0.1, -0.05) is 6.08 Å². The molecule has 0 saturated carbocycles. The van der Waals surface area contributed by atoms with Gasteiger partial charge in [-0.2, -0.15) is 0 Å². The number of rotatable bonds is 1. The second-order valence-electron chi connectivity index (χ2n) is 3.45. The van der Waals surface area contributed by atoms with Crippen molar-refractivity contribution in [3.05, 3.63) is 22.9 Å². The Morgan fingerprint density at radius 3 is 2.92 bits per heavy atom. The van der Waals surface area contributed by atoms with E-state index in [-0.39, 0.29) is 0 Å². The molecule has 0 amide bonds. The van der Waals surface area contributed by atoms with Crippen LogP contribution >= 0.6 is 0 Å². The molecule has 0 spiro atoms. The van der Waals surface area contributed by atoms with Gasteiger partial charge in [-0.15, -0.1) is 0 Å². The molecule has 0 unspecified atom stereocenters. The van der Waals surface area contributed by atoms with Crippen molar-refractivity contribution in [2.45, 2.75) is 25.7 Å². The van der Waals surface area contributed by atoms with Crippen LogP contribution in [-0.2, 0) is 4.74 Å². The minimum atomic E-state index is -1.35. The van der Waals surface area contributed by atoms with Crippen LogP contribution in [0.4, 0.5) is 0 Å². The maximum absolute atomic E-state index is 9.11. The average Bonchev–Trinajstić information content (AvgIpc) is 2.17. The molecule has 0 aromatic rings. The minimum absolute atomic E-state index is 0.650. The number of fused-ring (bicyclic) bond motifs is 1. The van der Waals surface area contributed by atoms with Crippen molar-refractivity contribution in [2.24, 2.45) is 0 Å². The van der Waals surface area contributed by atoms with E-state index in [9.17, 15) is 0 Å². The summed E-state index contributed by atoms with van der Waals surface area (Å²) in [7, 11) is -1.35. The lowest BCUT2D eigenvalue weighted by Gasteiger charge is -2.26. The Labute approximate surface area is 77.9 Å². The van der Waals surface area contributed by atoms with Crippen molar-refractivity contribution in [3.8, 4) is 0 Å². The van der Waals surface area contributed by atoms with Gasteiger partial charge in [-0.25, -0.2) is 0 Å². The third kappa shape index (κ3) is 1.64. The lowest BCUT2D eigenvalue weighted by Crippen LogP contribution is -2.23. The monoisotopic (exact) mass is 180 g/mol. The normalized spacial score (nSPS) is 21.8. The Morgan fingerprint density at radius 2 is 2.15 bits per heavy atom. The van der Waals surface area contributed by atoms with E-state index in [2.05, 4.69) is 6.08 Å². The molecular formula is C9H13BO3. The van der Waals surface area contributed by atoms with Crippen LogP contribution in [-0.4, -0.2) is 23.8 Å². The van der Waals surface area contributed by atoms with Crippen LogP contribution < -0.4 is 0 Å². The van der Waals surface area contributed by atoms with Crippen LogP contribution in [0.2, 0.25) is 0 Å². The van der Waals surface area contributed by atoms with Gasteiger partial charge in [-0.05, 0) is 31.3 Å². The van der Waals surface area contributed by atoms with Crippen LogP contribution in [0.15, 0.2) is 22.9 Å². The molecule has 1 aliphatic carbocycles. The summed E-state index contributed by atoms with van der Waals surface area (Å²) in [6.45, 7) is 0.697. The molecule has 0 bridgehead atoms. The molecule has 1 heterocycles. The van der Waals surface area contributed by atoms with E-state index in [1.807, 2.05) is 0 Å². The van der Waals surface area contributed by atoms with Gasteiger partial charge in [-0.3, -0.25) is 0 Å². The molecular weight excluding hydrogens is 167 g/mol. The highest BCUT2D eigenvalue weighted by Crippen LogP contribution is 2.32. The van der Waals surface area contributed by atoms with Crippen LogP contribution in [0.1, 0.15) is 25.7 Å².